The first-order valence-corrected chi connectivity index (χ1v) is 8.64. The van der Waals surface area contributed by atoms with Gasteiger partial charge in [0, 0.05) is 37.3 Å². The van der Waals surface area contributed by atoms with Crippen LogP contribution in [0, 0.1) is 13.8 Å². The second-order valence-corrected chi connectivity index (χ2v) is 6.81. The molecule has 0 N–H and O–H groups in total. The molecule has 2 aromatic heterocycles. The number of likely N-dealkylation sites (tertiary alicyclic amines) is 1. The molecule has 0 aliphatic carbocycles. The fourth-order valence-corrected chi connectivity index (χ4v) is 4.06. The van der Waals surface area contributed by atoms with Gasteiger partial charge < -0.3 is 4.90 Å². The lowest BCUT2D eigenvalue weighted by atomic mass is 10.1. The molecule has 6 heteroatoms. The van der Waals surface area contributed by atoms with Crippen LogP contribution >= 0.6 is 11.3 Å². The molecule has 1 atom stereocenters. The van der Waals surface area contributed by atoms with Crippen molar-refractivity contribution in [3.63, 3.8) is 0 Å². The fraction of sp³-hybridized carbons (Fsp3) is 0.562. The predicted octanol–water partition coefficient (Wildman–Crippen LogP) is 2.79. The third kappa shape index (κ3) is 2.79. The highest BCUT2D eigenvalue weighted by Crippen LogP contribution is 2.33. The third-order valence-corrected chi connectivity index (χ3v) is 5.43. The first kappa shape index (κ1) is 15.2. The minimum Gasteiger partial charge on any atom is -0.333 e. The Morgan fingerprint density at radius 3 is 2.91 bits per heavy atom. The van der Waals surface area contributed by atoms with Crippen LogP contribution in [0.2, 0.25) is 0 Å². The lowest BCUT2D eigenvalue weighted by molar-refractivity contribution is -0.132. The number of carbonyl (C=O) groups excluding carboxylic acids is 1. The maximum Gasteiger partial charge on any atom is 0.223 e. The second kappa shape index (κ2) is 6.20. The summed E-state index contributed by atoms with van der Waals surface area (Å²) in [7, 11) is 1.95. The minimum absolute atomic E-state index is 0.184. The number of rotatable bonds is 4. The standard InChI is InChI=1S/C16H22N4OS/c1-11-13(12(2)19(3)18-11)6-7-15(21)20-9-4-5-14(20)16-17-8-10-22-16/h8,10,14H,4-7,9H2,1-3H3/t14-/m0/s1. The molecular weight excluding hydrogens is 296 g/mol. The molecule has 1 aliphatic heterocycles. The Balaban J connectivity index is 1.67. The topological polar surface area (TPSA) is 51.0 Å². The summed E-state index contributed by atoms with van der Waals surface area (Å²) in [6.45, 7) is 4.93. The summed E-state index contributed by atoms with van der Waals surface area (Å²) in [4.78, 5) is 19.0. The Morgan fingerprint density at radius 2 is 2.27 bits per heavy atom. The van der Waals surface area contributed by atoms with Gasteiger partial charge in [0.15, 0.2) is 0 Å². The Morgan fingerprint density at radius 1 is 1.45 bits per heavy atom. The van der Waals surface area contributed by atoms with E-state index in [0.717, 1.165) is 42.2 Å². The van der Waals surface area contributed by atoms with Crippen molar-refractivity contribution in [3.8, 4) is 0 Å². The molecule has 22 heavy (non-hydrogen) atoms. The van der Waals surface area contributed by atoms with Crippen molar-refractivity contribution >= 4 is 17.2 Å². The zero-order valence-corrected chi connectivity index (χ0v) is 14.2. The van der Waals surface area contributed by atoms with Gasteiger partial charge in [0.2, 0.25) is 5.91 Å². The number of aromatic nitrogens is 3. The van der Waals surface area contributed by atoms with Gasteiger partial charge >= 0.3 is 0 Å². The highest BCUT2D eigenvalue weighted by atomic mass is 32.1. The van der Waals surface area contributed by atoms with Crippen LogP contribution in [-0.2, 0) is 18.3 Å². The maximum atomic E-state index is 12.6. The van der Waals surface area contributed by atoms with Crippen LogP contribution in [0.3, 0.4) is 0 Å². The Bertz CT molecular complexity index is 662. The minimum atomic E-state index is 0.184. The van der Waals surface area contributed by atoms with Crippen molar-refractivity contribution in [2.75, 3.05) is 6.54 Å². The first-order valence-electron chi connectivity index (χ1n) is 7.76. The van der Waals surface area contributed by atoms with E-state index in [4.69, 9.17) is 0 Å². The summed E-state index contributed by atoms with van der Waals surface area (Å²) in [5.74, 6) is 0.236. The van der Waals surface area contributed by atoms with Crippen LogP contribution in [0.4, 0.5) is 0 Å². The second-order valence-electron chi connectivity index (χ2n) is 5.89. The number of carbonyl (C=O) groups is 1. The zero-order valence-electron chi connectivity index (χ0n) is 13.4. The lowest BCUT2D eigenvalue weighted by Gasteiger charge is -2.23. The molecule has 0 bridgehead atoms. The molecule has 5 nitrogen and oxygen atoms in total. The van der Waals surface area contributed by atoms with E-state index < -0.39 is 0 Å². The van der Waals surface area contributed by atoms with Crippen LogP contribution < -0.4 is 0 Å². The average molecular weight is 318 g/mol. The first-order chi connectivity index (χ1) is 10.6. The van der Waals surface area contributed by atoms with E-state index in [1.54, 1.807) is 11.3 Å². The molecule has 2 aromatic rings. The molecule has 3 rings (SSSR count). The van der Waals surface area contributed by atoms with Crippen LogP contribution in [0.5, 0.6) is 0 Å². The van der Waals surface area contributed by atoms with Gasteiger partial charge in [-0.1, -0.05) is 0 Å². The van der Waals surface area contributed by atoms with E-state index in [1.807, 2.05) is 35.1 Å². The Labute approximate surface area is 135 Å². The van der Waals surface area contributed by atoms with E-state index >= 15 is 0 Å². The van der Waals surface area contributed by atoms with Gasteiger partial charge in [-0.3, -0.25) is 9.48 Å². The molecule has 0 saturated carbocycles. The van der Waals surface area contributed by atoms with Crippen molar-refractivity contribution in [2.24, 2.45) is 7.05 Å². The molecule has 1 aliphatic rings. The van der Waals surface area contributed by atoms with E-state index in [2.05, 4.69) is 17.0 Å². The Kier molecular flexibility index (Phi) is 4.29. The highest BCUT2D eigenvalue weighted by Gasteiger charge is 2.31. The largest absolute Gasteiger partial charge is 0.333 e. The molecule has 1 fully saturated rings. The zero-order chi connectivity index (χ0) is 15.7. The summed E-state index contributed by atoms with van der Waals surface area (Å²) in [6.07, 6.45) is 5.25. The molecule has 118 valence electrons. The predicted molar refractivity (Wildman–Crippen MR) is 86.8 cm³/mol. The van der Waals surface area contributed by atoms with Crippen molar-refractivity contribution in [2.45, 2.75) is 45.6 Å². The number of nitrogens with zero attached hydrogens (tertiary/aromatic N) is 4. The summed E-state index contributed by atoms with van der Waals surface area (Å²) in [5, 5.41) is 7.48. The number of amides is 1. The van der Waals surface area contributed by atoms with E-state index in [1.165, 1.54) is 5.56 Å². The molecule has 0 unspecified atom stereocenters. The number of aryl methyl sites for hydroxylation is 2. The molecule has 1 saturated heterocycles. The number of thiazole rings is 1. The van der Waals surface area contributed by atoms with Gasteiger partial charge in [-0.15, -0.1) is 11.3 Å². The molecular formula is C16H22N4OS. The normalized spacial score (nSPS) is 18.1. The van der Waals surface area contributed by atoms with Crippen LogP contribution in [0.15, 0.2) is 11.6 Å². The smallest absolute Gasteiger partial charge is 0.223 e. The van der Waals surface area contributed by atoms with Gasteiger partial charge in [-0.25, -0.2) is 4.98 Å². The van der Waals surface area contributed by atoms with Gasteiger partial charge in [-0.05, 0) is 38.7 Å². The van der Waals surface area contributed by atoms with Crippen molar-refractivity contribution in [3.05, 3.63) is 33.5 Å². The lowest BCUT2D eigenvalue weighted by Crippen LogP contribution is -2.30. The fourth-order valence-electron chi connectivity index (χ4n) is 3.28. The van der Waals surface area contributed by atoms with Crippen molar-refractivity contribution < 1.29 is 4.79 Å². The summed E-state index contributed by atoms with van der Waals surface area (Å²) < 4.78 is 1.89. The summed E-state index contributed by atoms with van der Waals surface area (Å²) in [5.41, 5.74) is 3.40. The van der Waals surface area contributed by atoms with Crippen LogP contribution in [0.25, 0.3) is 0 Å². The molecule has 0 aromatic carbocycles. The molecule has 0 radical (unpaired) electrons. The van der Waals surface area contributed by atoms with Gasteiger partial charge in [0.05, 0.1) is 11.7 Å². The third-order valence-electron chi connectivity index (χ3n) is 4.56. The summed E-state index contributed by atoms with van der Waals surface area (Å²) in [6, 6.07) is 0.184. The van der Waals surface area contributed by atoms with Gasteiger partial charge in [0.25, 0.3) is 0 Å². The number of hydrogen-bond acceptors (Lipinski definition) is 4. The van der Waals surface area contributed by atoms with Crippen LogP contribution in [-0.4, -0.2) is 32.1 Å². The summed E-state index contributed by atoms with van der Waals surface area (Å²) >= 11 is 1.65. The molecule has 0 spiro atoms. The van der Waals surface area contributed by atoms with E-state index in [0.29, 0.717) is 6.42 Å². The number of hydrogen-bond donors (Lipinski definition) is 0. The van der Waals surface area contributed by atoms with Crippen molar-refractivity contribution in [1.82, 2.24) is 19.7 Å². The SMILES string of the molecule is Cc1nn(C)c(C)c1CCC(=O)N1CCC[C@H]1c1nccs1. The average Bonchev–Trinajstić information content (AvgIpc) is 3.20. The van der Waals surface area contributed by atoms with E-state index in [-0.39, 0.29) is 11.9 Å². The van der Waals surface area contributed by atoms with Crippen LogP contribution in [0.1, 0.15) is 47.3 Å². The highest BCUT2D eigenvalue weighted by molar-refractivity contribution is 7.09. The van der Waals surface area contributed by atoms with E-state index in [9.17, 15) is 4.79 Å². The van der Waals surface area contributed by atoms with Gasteiger partial charge in [0.1, 0.15) is 5.01 Å². The molecule has 3 heterocycles. The maximum absolute atomic E-state index is 12.6. The Hall–Kier alpha value is -1.69. The quantitative estimate of drug-likeness (QED) is 0.871. The van der Waals surface area contributed by atoms with Crippen molar-refractivity contribution in [1.29, 1.82) is 0 Å². The molecule has 1 amide bonds. The monoisotopic (exact) mass is 318 g/mol. The van der Waals surface area contributed by atoms with Gasteiger partial charge in [-0.2, -0.15) is 5.10 Å².